The zero-order chi connectivity index (χ0) is 26.1. The van der Waals surface area contributed by atoms with Crippen molar-refractivity contribution < 1.29 is 23.9 Å². The monoisotopic (exact) mass is 488 g/mol. The van der Waals surface area contributed by atoms with Gasteiger partial charge in [-0.3, -0.25) is 14.4 Å². The number of rotatable bonds is 9. The fourth-order valence-corrected chi connectivity index (χ4v) is 3.44. The summed E-state index contributed by atoms with van der Waals surface area (Å²) in [7, 11) is 0. The Labute approximate surface area is 211 Å². The predicted octanol–water partition coefficient (Wildman–Crippen LogP) is 5.96. The Bertz CT molecular complexity index is 1210. The third-order valence-electron chi connectivity index (χ3n) is 5.30. The number of anilines is 2. The maximum atomic E-state index is 12.6. The van der Waals surface area contributed by atoms with Crippen molar-refractivity contribution in [3.8, 4) is 11.5 Å². The first-order valence-corrected chi connectivity index (χ1v) is 11.8. The molecule has 0 aliphatic carbocycles. The minimum absolute atomic E-state index is 0.0903. The van der Waals surface area contributed by atoms with E-state index in [1.54, 1.807) is 42.5 Å². The highest BCUT2D eigenvalue weighted by Gasteiger charge is 2.13. The molecule has 0 fully saturated rings. The Hall–Kier alpha value is -4.13. The van der Waals surface area contributed by atoms with Gasteiger partial charge in [0, 0.05) is 30.3 Å². The number of nitrogens with one attached hydrogen (secondary N) is 2. The molecule has 2 amide bonds. The van der Waals surface area contributed by atoms with Crippen LogP contribution in [0.4, 0.5) is 11.4 Å². The number of hydrogen-bond donors (Lipinski definition) is 2. The fraction of sp³-hybridized carbons (Fsp3) is 0.276. The Morgan fingerprint density at radius 3 is 2.14 bits per heavy atom. The van der Waals surface area contributed by atoms with Gasteiger partial charge in [0.15, 0.2) is 0 Å². The largest absolute Gasteiger partial charge is 0.494 e. The second-order valence-corrected chi connectivity index (χ2v) is 9.43. The predicted molar refractivity (Wildman–Crippen MR) is 141 cm³/mol. The molecule has 0 unspecified atom stereocenters. The van der Waals surface area contributed by atoms with Crippen LogP contribution in [0, 0.1) is 0 Å². The van der Waals surface area contributed by atoms with Gasteiger partial charge in [-0.1, -0.05) is 45.0 Å². The van der Waals surface area contributed by atoms with Crippen LogP contribution in [-0.2, 0) is 15.0 Å². The molecule has 3 rings (SSSR count). The molecule has 2 N–H and O–H groups in total. The summed E-state index contributed by atoms with van der Waals surface area (Å²) in [6.45, 7) is 8.22. The van der Waals surface area contributed by atoms with Crippen molar-refractivity contribution in [2.24, 2.45) is 0 Å². The van der Waals surface area contributed by atoms with Gasteiger partial charge in [0.25, 0.3) is 5.91 Å². The summed E-state index contributed by atoms with van der Waals surface area (Å²) < 4.78 is 10.8. The Morgan fingerprint density at radius 1 is 0.806 bits per heavy atom. The summed E-state index contributed by atoms with van der Waals surface area (Å²) in [5.74, 6) is 0.115. The number of amides is 2. The smallest absolute Gasteiger partial charge is 0.308 e. The molecule has 7 heteroatoms. The van der Waals surface area contributed by atoms with Crippen LogP contribution in [0.3, 0.4) is 0 Å². The average molecular weight is 489 g/mol. The standard InChI is InChI=1S/C29H32N2O5/c1-20(32)36-26-11-5-8-21(18-26)28(34)31-24-10-6-9-23(19-24)30-27(33)12-7-17-35-25-15-13-22(14-16-25)29(2,3)4/h5-6,8-11,13-16,18-19H,7,12,17H2,1-4H3,(H,30,33)(H,31,34). The zero-order valence-corrected chi connectivity index (χ0v) is 21.1. The molecule has 0 bridgehead atoms. The van der Waals surface area contributed by atoms with Crippen molar-refractivity contribution >= 4 is 29.2 Å². The Morgan fingerprint density at radius 2 is 1.47 bits per heavy atom. The minimum Gasteiger partial charge on any atom is -0.494 e. The molecular weight excluding hydrogens is 456 g/mol. The van der Waals surface area contributed by atoms with Gasteiger partial charge >= 0.3 is 5.97 Å². The molecule has 0 aliphatic heterocycles. The highest BCUT2D eigenvalue weighted by molar-refractivity contribution is 6.05. The van der Waals surface area contributed by atoms with Crippen LogP contribution in [0.1, 0.15) is 56.5 Å². The number of hydrogen-bond acceptors (Lipinski definition) is 5. The number of carbonyl (C=O) groups excluding carboxylic acids is 3. The van der Waals surface area contributed by atoms with Crippen molar-refractivity contribution in [2.45, 2.75) is 46.0 Å². The molecule has 0 aliphatic rings. The lowest BCUT2D eigenvalue weighted by atomic mass is 9.87. The lowest BCUT2D eigenvalue weighted by Crippen LogP contribution is -2.14. The first kappa shape index (κ1) is 26.5. The molecule has 3 aromatic carbocycles. The van der Waals surface area contributed by atoms with Crippen molar-refractivity contribution in [1.82, 2.24) is 0 Å². The third-order valence-corrected chi connectivity index (χ3v) is 5.30. The fourth-order valence-electron chi connectivity index (χ4n) is 3.44. The topological polar surface area (TPSA) is 93.7 Å². The quantitative estimate of drug-likeness (QED) is 0.220. The van der Waals surface area contributed by atoms with Gasteiger partial charge in [-0.05, 0) is 65.9 Å². The Balaban J connectivity index is 1.46. The normalized spacial score (nSPS) is 10.9. The molecule has 188 valence electrons. The lowest BCUT2D eigenvalue weighted by molar-refractivity contribution is -0.131. The van der Waals surface area contributed by atoms with E-state index in [0.29, 0.717) is 42.1 Å². The maximum Gasteiger partial charge on any atom is 0.308 e. The number of carbonyl (C=O) groups is 3. The number of ether oxygens (including phenoxy) is 2. The summed E-state index contributed by atoms with van der Waals surface area (Å²) in [4.78, 5) is 36.1. The number of esters is 1. The van der Waals surface area contributed by atoms with E-state index in [1.165, 1.54) is 18.6 Å². The van der Waals surface area contributed by atoms with Crippen molar-refractivity contribution in [2.75, 3.05) is 17.2 Å². The second kappa shape index (κ2) is 12.0. The lowest BCUT2D eigenvalue weighted by Gasteiger charge is -2.19. The van der Waals surface area contributed by atoms with Crippen LogP contribution in [0.15, 0.2) is 72.8 Å². The zero-order valence-electron chi connectivity index (χ0n) is 21.1. The van der Waals surface area contributed by atoms with Crippen LogP contribution < -0.4 is 20.1 Å². The van der Waals surface area contributed by atoms with Gasteiger partial charge in [0.1, 0.15) is 11.5 Å². The van der Waals surface area contributed by atoms with Gasteiger partial charge in [-0.2, -0.15) is 0 Å². The van der Waals surface area contributed by atoms with Crippen LogP contribution >= 0.6 is 0 Å². The third kappa shape index (κ3) is 8.27. The highest BCUT2D eigenvalue weighted by atomic mass is 16.5. The average Bonchev–Trinajstić information content (AvgIpc) is 2.81. The number of benzene rings is 3. The van der Waals surface area contributed by atoms with Crippen LogP contribution in [0.2, 0.25) is 0 Å². The highest BCUT2D eigenvalue weighted by Crippen LogP contribution is 2.24. The molecule has 0 saturated heterocycles. The van der Waals surface area contributed by atoms with Gasteiger partial charge < -0.3 is 20.1 Å². The van der Waals surface area contributed by atoms with E-state index in [4.69, 9.17) is 9.47 Å². The van der Waals surface area contributed by atoms with Crippen LogP contribution in [0.25, 0.3) is 0 Å². The summed E-state index contributed by atoms with van der Waals surface area (Å²) in [5.41, 5.74) is 2.77. The van der Waals surface area contributed by atoms with Crippen LogP contribution in [-0.4, -0.2) is 24.4 Å². The van der Waals surface area contributed by atoms with E-state index in [1.807, 2.05) is 12.1 Å². The van der Waals surface area contributed by atoms with Crippen molar-refractivity contribution in [3.63, 3.8) is 0 Å². The summed E-state index contributed by atoms with van der Waals surface area (Å²) >= 11 is 0. The first-order chi connectivity index (χ1) is 17.1. The molecule has 0 spiro atoms. The SMILES string of the molecule is CC(=O)Oc1cccc(C(=O)Nc2cccc(NC(=O)CCCOc3ccc(C(C)(C)C)cc3)c2)c1. The van der Waals surface area contributed by atoms with E-state index in [-0.39, 0.29) is 17.2 Å². The van der Waals surface area contributed by atoms with E-state index in [9.17, 15) is 14.4 Å². The molecule has 36 heavy (non-hydrogen) atoms. The van der Waals surface area contributed by atoms with E-state index in [2.05, 4.69) is 43.5 Å². The van der Waals surface area contributed by atoms with Gasteiger partial charge in [-0.25, -0.2) is 0 Å². The molecule has 7 nitrogen and oxygen atoms in total. The van der Waals surface area contributed by atoms with E-state index < -0.39 is 5.97 Å². The van der Waals surface area contributed by atoms with E-state index in [0.717, 1.165) is 5.75 Å². The molecule has 0 radical (unpaired) electrons. The summed E-state index contributed by atoms with van der Waals surface area (Å²) in [6.07, 6.45) is 0.877. The summed E-state index contributed by atoms with van der Waals surface area (Å²) in [6, 6.07) is 21.3. The molecule has 0 atom stereocenters. The first-order valence-electron chi connectivity index (χ1n) is 11.8. The second-order valence-electron chi connectivity index (χ2n) is 9.43. The summed E-state index contributed by atoms with van der Waals surface area (Å²) in [5, 5.41) is 5.63. The van der Waals surface area contributed by atoms with Gasteiger partial charge in [0.05, 0.1) is 6.61 Å². The molecule has 0 heterocycles. The minimum atomic E-state index is -0.461. The van der Waals surface area contributed by atoms with Crippen molar-refractivity contribution in [1.29, 1.82) is 0 Å². The van der Waals surface area contributed by atoms with Gasteiger partial charge in [0.2, 0.25) is 5.91 Å². The molecule has 0 saturated carbocycles. The maximum absolute atomic E-state index is 12.6. The van der Waals surface area contributed by atoms with Crippen LogP contribution in [0.5, 0.6) is 11.5 Å². The molecule has 3 aromatic rings. The van der Waals surface area contributed by atoms with Gasteiger partial charge in [-0.15, -0.1) is 0 Å². The van der Waals surface area contributed by atoms with Crippen molar-refractivity contribution in [3.05, 3.63) is 83.9 Å². The van der Waals surface area contributed by atoms with E-state index >= 15 is 0 Å². The Kier molecular flexibility index (Phi) is 8.84. The molecule has 0 aromatic heterocycles. The molecular formula is C29H32N2O5.